The molecule has 0 fully saturated rings. The first-order valence-electron chi connectivity index (χ1n) is 7.39. The molecule has 0 bridgehead atoms. The minimum absolute atomic E-state index is 0.103. The lowest BCUT2D eigenvalue weighted by atomic mass is 10.1. The molecular formula is C16H26N2O2. The maximum Gasteiger partial charge on any atom is 0.220 e. The topological polar surface area (TPSA) is 64.3 Å². The predicted molar refractivity (Wildman–Crippen MR) is 81.8 cm³/mol. The zero-order valence-electron chi connectivity index (χ0n) is 12.4. The van der Waals surface area contributed by atoms with Crippen LogP contribution in [0.3, 0.4) is 0 Å². The van der Waals surface area contributed by atoms with E-state index >= 15 is 0 Å². The second-order valence-corrected chi connectivity index (χ2v) is 4.92. The molecule has 0 saturated carbocycles. The molecule has 1 aromatic carbocycles. The number of aryl methyl sites for hydroxylation is 1. The summed E-state index contributed by atoms with van der Waals surface area (Å²) in [5.41, 5.74) is 6.53. The molecule has 4 nitrogen and oxygen atoms in total. The lowest BCUT2D eigenvalue weighted by Crippen LogP contribution is -2.27. The average molecular weight is 278 g/mol. The van der Waals surface area contributed by atoms with Crippen LogP contribution in [0.1, 0.15) is 37.7 Å². The van der Waals surface area contributed by atoms with Gasteiger partial charge in [0.1, 0.15) is 12.4 Å². The van der Waals surface area contributed by atoms with Gasteiger partial charge in [-0.3, -0.25) is 4.79 Å². The van der Waals surface area contributed by atoms with Crippen LogP contribution in [0.25, 0.3) is 0 Å². The Balaban J connectivity index is 2.03. The molecule has 0 aliphatic carbocycles. The molecule has 3 N–H and O–H groups in total. The van der Waals surface area contributed by atoms with Crippen molar-refractivity contribution in [1.29, 1.82) is 0 Å². The van der Waals surface area contributed by atoms with Crippen molar-refractivity contribution in [2.24, 2.45) is 5.73 Å². The van der Waals surface area contributed by atoms with Crippen LogP contribution < -0.4 is 15.8 Å². The third-order valence-corrected chi connectivity index (χ3v) is 3.13. The summed E-state index contributed by atoms with van der Waals surface area (Å²) in [6.45, 7) is 3.80. The quantitative estimate of drug-likeness (QED) is 0.646. The van der Waals surface area contributed by atoms with Crippen molar-refractivity contribution in [3.8, 4) is 5.75 Å². The van der Waals surface area contributed by atoms with Crippen molar-refractivity contribution in [3.05, 3.63) is 29.8 Å². The van der Waals surface area contributed by atoms with Crippen LogP contribution in [0, 0.1) is 6.92 Å². The van der Waals surface area contributed by atoms with E-state index in [0.717, 1.165) is 43.5 Å². The summed E-state index contributed by atoms with van der Waals surface area (Å²) in [6, 6.07) is 7.88. The van der Waals surface area contributed by atoms with Gasteiger partial charge in [0.15, 0.2) is 0 Å². The number of unbranched alkanes of at least 4 members (excludes halogenated alkanes) is 3. The van der Waals surface area contributed by atoms with Gasteiger partial charge in [0.05, 0.1) is 6.54 Å². The second-order valence-electron chi connectivity index (χ2n) is 4.92. The molecular weight excluding hydrogens is 252 g/mol. The van der Waals surface area contributed by atoms with E-state index < -0.39 is 0 Å². The van der Waals surface area contributed by atoms with Gasteiger partial charge in [-0.1, -0.05) is 31.0 Å². The number of para-hydroxylation sites is 1. The van der Waals surface area contributed by atoms with E-state index in [-0.39, 0.29) is 5.91 Å². The highest BCUT2D eigenvalue weighted by atomic mass is 16.5. The largest absolute Gasteiger partial charge is 0.491 e. The molecule has 0 atom stereocenters. The molecule has 0 radical (unpaired) electrons. The first-order chi connectivity index (χ1) is 9.74. The van der Waals surface area contributed by atoms with E-state index in [9.17, 15) is 4.79 Å². The molecule has 0 unspecified atom stereocenters. The summed E-state index contributed by atoms with van der Waals surface area (Å²) in [4.78, 5) is 11.6. The molecule has 0 aromatic heterocycles. The Hall–Kier alpha value is -1.55. The summed E-state index contributed by atoms with van der Waals surface area (Å²) < 4.78 is 5.62. The number of ether oxygens (including phenoxy) is 1. The molecule has 1 aromatic rings. The van der Waals surface area contributed by atoms with E-state index in [2.05, 4.69) is 5.32 Å². The van der Waals surface area contributed by atoms with Crippen LogP contribution in [0.4, 0.5) is 0 Å². The Morgan fingerprint density at radius 1 is 1.20 bits per heavy atom. The zero-order valence-corrected chi connectivity index (χ0v) is 12.4. The third kappa shape index (κ3) is 7.14. The molecule has 0 saturated heterocycles. The zero-order chi connectivity index (χ0) is 14.6. The van der Waals surface area contributed by atoms with Gasteiger partial charge in [-0.2, -0.15) is 0 Å². The Bertz CT molecular complexity index is 394. The standard InChI is InChI=1S/C16H26N2O2/c1-14-8-5-6-9-15(14)20-13-12-18-16(19)10-4-2-3-7-11-17/h5-6,8-9H,2-4,7,10-13,17H2,1H3,(H,18,19). The highest BCUT2D eigenvalue weighted by Crippen LogP contribution is 2.15. The average Bonchev–Trinajstić information content (AvgIpc) is 2.45. The van der Waals surface area contributed by atoms with Crippen LogP contribution in [0.5, 0.6) is 5.75 Å². The van der Waals surface area contributed by atoms with Gasteiger partial charge in [-0.05, 0) is 37.9 Å². The fourth-order valence-corrected chi connectivity index (χ4v) is 1.94. The number of hydrogen-bond donors (Lipinski definition) is 2. The first kappa shape index (κ1) is 16.5. The van der Waals surface area contributed by atoms with Gasteiger partial charge in [-0.15, -0.1) is 0 Å². The molecule has 0 heterocycles. The Labute approximate surface area is 121 Å². The fourth-order valence-electron chi connectivity index (χ4n) is 1.94. The molecule has 4 heteroatoms. The maximum absolute atomic E-state index is 11.6. The number of carbonyl (C=O) groups excluding carboxylic acids is 1. The summed E-state index contributed by atoms with van der Waals surface area (Å²) in [5, 5.41) is 2.87. The molecule has 0 spiro atoms. The van der Waals surface area contributed by atoms with E-state index in [1.807, 2.05) is 31.2 Å². The number of nitrogens with one attached hydrogen (secondary N) is 1. The molecule has 1 amide bonds. The van der Waals surface area contributed by atoms with Gasteiger partial charge < -0.3 is 15.8 Å². The van der Waals surface area contributed by atoms with Crippen LogP contribution in [-0.4, -0.2) is 25.6 Å². The number of nitrogens with two attached hydrogens (primary N) is 1. The van der Waals surface area contributed by atoms with E-state index in [0.29, 0.717) is 19.6 Å². The molecule has 112 valence electrons. The molecule has 0 aliphatic heterocycles. The van der Waals surface area contributed by atoms with E-state index in [1.165, 1.54) is 0 Å². The van der Waals surface area contributed by atoms with Gasteiger partial charge in [-0.25, -0.2) is 0 Å². The van der Waals surface area contributed by atoms with Gasteiger partial charge in [0.25, 0.3) is 0 Å². The lowest BCUT2D eigenvalue weighted by Gasteiger charge is -2.09. The Morgan fingerprint density at radius 2 is 1.95 bits per heavy atom. The van der Waals surface area contributed by atoms with Crippen LogP contribution >= 0.6 is 0 Å². The second kappa shape index (κ2) is 10.3. The minimum Gasteiger partial charge on any atom is -0.491 e. The summed E-state index contributed by atoms with van der Waals surface area (Å²) in [7, 11) is 0. The number of rotatable bonds is 10. The highest BCUT2D eigenvalue weighted by Gasteiger charge is 2.01. The number of amides is 1. The fraction of sp³-hybridized carbons (Fsp3) is 0.562. The summed E-state index contributed by atoms with van der Waals surface area (Å²) >= 11 is 0. The van der Waals surface area contributed by atoms with Crippen molar-refractivity contribution < 1.29 is 9.53 Å². The number of hydrogen-bond acceptors (Lipinski definition) is 3. The van der Waals surface area contributed by atoms with E-state index in [4.69, 9.17) is 10.5 Å². The van der Waals surface area contributed by atoms with Crippen molar-refractivity contribution in [3.63, 3.8) is 0 Å². The predicted octanol–water partition coefficient (Wildman–Crippen LogP) is 2.40. The minimum atomic E-state index is 0.103. The molecule has 0 aliphatic rings. The smallest absolute Gasteiger partial charge is 0.220 e. The van der Waals surface area contributed by atoms with E-state index in [1.54, 1.807) is 0 Å². The van der Waals surface area contributed by atoms with Crippen molar-refractivity contribution in [2.75, 3.05) is 19.7 Å². The summed E-state index contributed by atoms with van der Waals surface area (Å²) in [6.07, 6.45) is 4.76. The Kier molecular flexibility index (Phi) is 8.47. The van der Waals surface area contributed by atoms with Crippen LogP contribution in [-0.2, 0) is 4.79 Å². The monoisotopic (exact) mass is 278 g/mol. The van der Waals surface area contributed by atoms with Crippen molar-refractivity contribution in [2.45, 2.75) is 39.0 Å². The highest BCUT2D eigenvalue weighted by molar-refractivity contribution is 5.75. The van der Waals surface area contributed by atoms with Crippen LogP contribution in [0.2, 0.25) is 0 Å². The number of carbonyl (C=O) groups is 1. The Morgan fingerprint density at radius 3 is 2.70 bits per heavy atom. The molecule has 20 heavy (non-hydrogen) atoms. The van der Waals surface area contributed by atoms with Crippen LogP contribution in [0.15, 0.2) is 24.3 Å². The van der Waals surface area contributed by atoms with Gasteiger partial charge in [0, 0.05) is 6.42 Å². The number of benzene rings is 1. The van der Waals surface area contributed by atoms with Crippen molar-refractivity contribution >= 4 is 5.91 Å². The molecule has 1 rings (SSSR count). The van der Waals surface area contributed by atoms with Crippen molar-refractivity contribution in [1.82, 2.24) is 5.32 Å². The van der Waals surface area contributed by atoms with Gasteiger partial charge in [0.2, 0.25) is 5.91 Å². The summed E-state index contributed by atoms with van der Waals surface area (Å²) in [5.74, 6) is 0.981. The maximum atomic E-state index is 11.6. The van der Waals surface area contributed by atoms with Gasteiger partial charge >= 0.3 is 0 Å². The lowest BCUT2D eigenvalue weighted by molar-refractivity contribution is -0.121. The normalized spacial score (nSPS) is 10.3. The SMILES string of the molecule is Cc1ccccc1OCCNC(=O)CCCCCCN. The third-order valence-electron chi connectivity index (χ3n) is 3.13. The first-order valence-corrected chi connectivity index (χ1v) is 7.39.